The van der Waals surface area contributed by atoms with Crippen molar-refractivity contribution in [2.24, 2.45) is 0 Å². The summed E-state index contributed by atoms with van der Waals surface area (Å²) in [7, 11) is 0. The lowest BCUT2D eigenvalue weighted by molar-refractivity contribution is -0.167. The Balaban J connectivity index is 4.12. The van der Waals surface area contributed by atoms with Crippen molar-refractivity contribution in [2.75, 3.05) is 13.2 Å². The van der Waals surface area contributed by atoms with Crippen LogP contribution in [-0.4, -0.2) is 37.2 Å². The molecule has 0 aliphatic carbocycles. The minimum absolute atomic E-state index is 0.0871. The SMILES string of the molecule is CC/C=C\C/C=C\C/C=C\C/C=C\C/C=C\C/C=C\C/C=C\CCCCCCCC(=O)OC(COC(=O)CCCCCCCC)COC(=O)CCCCCCCCCCCCCCCCCC/C=C\C/C=C\C/C=C\C/C=C\CC. The lowest BCUT2D eigenvalue weighted by Gasteiger charge is -2.18. The van der Waals surface area contributed by atoms with Crippen molar-refractivity contribution >= 4 is 17.9 Å². The van der Waals surface area contributed by atoms with E-state index in [-0.39, 0.29) is 31.1 Å². The Hall–Kier alpha value is -4.45. The Morgan fingerprint density at radius 2 is 0.487 bits per heavy atom. The van der Waals surface area contributed by atoms with Crippen molar-refractivity contribution in [3.63, 3.8) is 0 Å². The second kappa shape index (κ2) is 67.1. The first-order valence-electron chi connectivity index (χ1n) is 33.2. The number of esters is 3. The van der Waals surface area contributed by atoms with E-state index in [4.69, 9.17) is 14.2 Å². The van der Waals surface area contributed by atoms with Gasteiger partial charge in [0.25, 0.3) is 0 Å². The summed E-state index contributed by atoms with van der Waals surface area (Å²) in [5, 5.41) is 0. The molecule has 0 bridgehead atoms. The van der Waals surface area contributed by atoms with Crippen LogP contribution in [0.4, 0.5) is 0 Å². The van der Waals surface area contributed by atoms with E-state index in [1.54, 1.807) is 0 Å². The first-order chi connectivity index (χ1) is 39.5. The van der Waals surface area contributed by atoms with Gasteiger partial charge in [-0.3, -0.25) is 14.4 Å². The van der Waals surface area contributed by atoms with Gasteiger partial charge in [-0.25, -0.2) is 0 Å². The number of rotatable bonds is 59. The predicted molar refractivity (Wildman–Crippen MR) is 348 cm³/mol. The molecule has 6 nitrogen and oxygen atoms in total. The third-order valence-electron chi connectivity index (χ3n) is 13.9. The molecule has 6 heteroatoms. The monoisotopic (exact) mass is 1110 g/mol. The smallest absolute Gasteiger partial charge is 0.306 e. The van der Waals surface area contributed by atoms with E-state index in [0.717, 1.165) is 148 Å². The lowest BCUT2D eigenvalue weighted by atomic mass is 10.0. The zero-order chi connectivity index (χ0) is 57.8. The fraction of sp³-hybridized carbons (Fsp3) is 0.662. The molecule has 0 spiro atoms. The lowest BCUT2D eigenvalue weighted by Crippen LogP contribution is -2.30. The van der Waals surface area contributed by atoms with Crippen LogP contribution < -0.4 is 0 Å². The van der Waals surface area contributed by atoms with Crippen LogP contribution in [0.2, 0.25) is 0 Å². The summed E-state index contributed by atoms with van der Waals surface area (Å²) in [6.07, 6.45) is 95.0. The van der Waals surface area contributed by atoms with E-state index >= 15 is 0 Å². The molecule has 454 valence electrons. The summed E-state index contributed by atoms with van der Waals surface area (Å²) in [4.78, 5) is 38.1. The second-order valence-electron chi connectivity index (χ2n) is 21.6. The Morgan fingerprint density at radius 3 is 0.762 bits per heavy atom. The maximum absolute atomic E-state index is 12.9. The van der Waals surface area contributed by atoms with Gasteiger partial charge in [0.05, 0.1) is 0 Å². The van der Waals surface area contributed by atoms with Crippen LogP contribution in [0, 0.1) is 0 Å². The number of carbonyl (C=O) groups is 3. The first kappa shape index (κ1) is 75.5. The molecular weight excluding hydrogens is 985 g/mol. The number of hydrogen-bond acceptors (Lipinski definition) is 6. The molecule has 0 heterocycles. The largest absolute Gasteiger partial charge is 0.462 e. The zero-order valence-corrected chi connectivity index (χ0v) is 52.0. The number of unbranched alkanes of at least 4 members (excludes halogenated alkanes) is 26. The number of hydrogen-bond donors (Lipinski definition) is 0. The van der Waals surface area contributed by atoms with E-state index in [2.05, 4.69) is 154 Å². The molecule has 0 aliphatic heterocycles. The first-order valence-corrected chi connectivity index (χ1v) is 33.2. The maximum Gasteiger partial charge on any atom is 0.306 e. The van der Waals surface area contributed by atoms with E-state index in [9.17, 15) is 14.4 Å². The summed E-state index contributed by atoms with van der Waals surface area (Å²) in [6.45, 7) is 6.35. The highest BCUT2D eigenvalue weighted by Gasteiger charge is 2.19. The van der Waals surface area contributed by atoms with Gasteiger partial charge >= 0.3 is 17.9 Å². The summed E-state index contributed by atoms with van der Waals surface area (Å²) in [6, 6.07) is 0. The van der Waals surface area contributed by atoms with Gasteiger partial charge in [0.2, 0.25) is 0 Å². The molecule has 0 aliphatic rings. The molecule has 0 fully saturated rings. The van der Waals surface area contributed by atoms with Gasteiger partial charge in [0.15, 0.2) is 6.10 Å². The Labute approximate surface area is 494 Å². The van der Waals surface area contributed by atoms with Gasteiger partial charge in [-0.1, -0.05) is 296 Å². The average Bonchev–Trinajstić information content (AvgIpc) is 3.46. The number of carbonyl (C=O) groups excluding carboxylic acids is 3. The van der Waals surface area contributed by atoms with Crippen molar-refractivity contribution in [3.05, 3.63) is 134 Å². The third-order valence-corrected chi connectivity index (χ3v) is 13.9. The summed E-state index contributed by atoms with van der Waals surface area (Å²) >= 11 is 0. The highest BCUT2D eigenvalue weighted by atomic mass is 16.6. The van der Waals surface area contributed by atoms with E-state index < -0.39 is 6.10 Å². The van der Waals surface area contributed by atoms with Crippen LogP contribution in [0.15, 0.2) is 134 Å². The minimum Gasteiger partial charge on any atom is -0.462 e. The highest BCUT2D eigenvalue weighted by Crippen LogP contribution is 2.16. The van der Waals surface area contributed by atoms with Crippen LogP contribution in [0.25, 0.3) is 0 Å². The molecule has 80 heavy (non-hydrogen) atoms. The van der Waals surface area contributed by atoms with Crippen LogP contribution >= 0.6 is 0 Å². The fourth-order valence-corrected chi connectivity index (χ4v) is 9.00. The molecule has 0 rings (SSSR count). The standard InChI is InChI=1S/C74H122O6/c1-4-7-10-13-16-18-20-22-24-26-28-30-32-34-36-37-39-40-42-44-46-48-50-52-54-56-58-61-64-67-73(76)79-70-71(69-78-72(75)66-63-60-15-12-9-6-3)80-74(77)68-65-62-59-57-55-53-51-49-47-45-43-41-38-35-33-31-29-27-25-23-21-19-17-14-11-8-5-2/h7-8,10-11,16-19,22-25,28-31,35,38,43,45,49,51,71H,4-6,9,12-15,20-21,26-27,32-34,36-37,39-42,44,46-48,50,52-70H2,1-3H3/b10-7-,11-8-,18-16-,19-17-,24-22-,25-23-,30-28-,31-29-,38-35-,45-43-,51-49-. The third kappa shape index (κ3) is 64.4. The molecule has 0 amide bonds. The average molecular weight is 1110 g/mol. The van der Waals surface area contributed by atoms with Crippen molar-refractivity contribution < 1.29 is 28.6 Å². The molecule has 1 atom stereocenters. The summed E-state index contributed by atoms with van der Waals surface area (Å²) < 4.78 is 16.8. The Morgan fingerprint density at radius 1 is 0.263 bits per heavy atom. The molecule has 0 aromatic carbocycles. The molecule has 0 radical (unpaired) electrons. The second-order valence-corrected chi connectivity index (χ2v) is 21.6. The Kier molecular flexibility index (Phi) is 63.3. The fourth-order valence-electron chi connectivity index (χ4n) is 9.00. The van der Waals surface area contributed by atoms with Gasteiger partial charge in [-0.05, 0) is 116 Å². The zero-order valence-electron chi connectivity index (χ0n) is 52.0. The van der Waals surface area contributed by atoms with E-state index in [1.165, 1.54) is 109 Å². The molecule has 0 saturated heterocycles. The van der Waals surface area contributed by atoms with Crippen LogP contribution in [0.3, 0.4) is 0 Å². The normalized spacial score (nSPS) is 13.0. The van der Waals surface area contributed by atoms with Gasteiger partial charge in [-0.15, -0.1) is 0 Å². The molecule has 0 N–H and O–H groups in total. The van der Waals surface area contributed by atoms with Crippen molar-refractivity contribution in [2.45, 2.75) is 303 Å². The number of allylic oxidation sites excluding steroid dienone is 22. The van der Waals surface area contributed by atoms with Crippen LogP contribution in [0.5, 0.6) is 0 Å². The summed E-state index contributed by atoms with van der Waals surface area (Å²) in [5.74, 6) is -0.912. The quantitative estimate of drug-likeness (QED) is 0.0261. The highest BCUT2D eigenvalue weighted by molar-refractivity contribution is 5.71. The molecule has 0 saturated carbocycles. The molecular formula is C74H122O6. The topological polar surface area (TPSA) is 78.9 Å². The van der Waals surface area contributed by atoms with Gasteiger partial charge in [0, 0.05) is 19.3 Å². The molecule has 0 aromatic heterocycles. The van der Waals surface area contributed by atoms with Gasteiger partial charge < -0.3 is 14.2 Å². The van der Waals surface area contributed by atoms with Crippen LogP contribution in [0.1, 0.15) is 297 Å². The molecule has 1 unspecified atom stereocenters. The number of ether oxygens (including phenoxy) is 3. The van der Waals surface area contributed by atoms with E-state index in [1.807, 2.05) is 0 Å². The van der Waals surface area contributed by atoms with Gasteiger partial charge in [0.1, 0.15) is 13.2 Å². The Bertz CT molecular complexity index is 1700. The predicted octanol–water partition coefficient (Wildman–Crippen LogP) is 22.9. The summed E-state index contributed by atoms with van der Waals surface area (Å²) in [5.41, 5.74) is 0. The van der Waals surface area contributed by atoms with Crippen molar-refractivity contribution in [1.29, 1.82) is 0 Å². The maximum atomic E-state index is 12.9. The van der Waals surface area contributed by atoms with Crippen molar-refractivity contribution in [3.8, 4) is 0 Å². The van der Waals surface area contributed by atoms with Crippen molar-refractivity contribution in [1.82, 2.24) is 0 Å². The molecule has 0 aromatic rings. The van der Waals surface area contributed by atoms with Gasteiger partial charge in [-0.2, -0.15) is 0 Å². The minimum atomic E-state index is -0.789. The van der Waals surface area contributed by atoms with E-state index in [0.29, 0.717) is 19.3 Å². The van der Waals surface area contributed by atoms with Crippen LogP contribution in [-0.2, 0) is 28.6 Å².